The van der Waals surface area contributed by atoms with Crippen molar-refractivity contribution >= 4 is 32.7 Å². The second-order valence-corrected chi connectivity index (χ2v) is 10.5. The van der Waals surface area contributed by atoms with E-state index in [0.29, 0.717) is 4.34 Å². The van der Waals surface area contributed by atoms with Crippen LogP contribution in [-0.2, 0) is 34.5 Å². The number of aliphatic hydroxyl groups is 1. The van der Waals surface area contributed by atoms with Crippen LogP contribution in [0.15, 0.2) is 29.8 Å². The largest absolute Gasteiger partial charge is 1.00 e. The van der Waals surface area contributed by atoms with Crippen LogP contribution in [0, 0.1) is 0 Å². The average molecular weight is 544 g/mol. The Balaban J connectivity index is 0.00000342. The Hall–Kier alpha value is -1.46. The van der Waals surface area contributed by atoms with E-state index in [4.69, 9.17) is 19.7 Å². The van der Waals surface area contributed by atoms with Gasteiger partial charge >= 0.3 is 43.0 Å². The zero-order valence-corrected chi connectivity index (χ0v) is 22.5. The molecule has 17 nitrogen and oxygen atoms in total. The second kappa shape index (κ2) is 10.5. The van der Waals surface area contributed by atoms with E-state index in [1.54, 1.807) is 7.05 Å². The van der Waals surface area contributed by atoms with Crippen molar-refractivity contribution in [2.75, 3.05) is 19.5 Å². The van der Waals surface area contributed by atoms with Gasteiger partial charge in [-0.1, -0.05) is 4.98 Å². The molecule has 0 aromatic carbocycles. The number of aliphatic hydroxyl groups excluding tert-OH is 1. The standard InChI is InChI=1S/C15H21N7O10P2.Na/c1-20-7-22(12-9(20)13(24)19-15(16)18-12)14-10(23)11(29-2)8(31-14)5-30-34(27,28)32-33(25,26)21-4-3-17-6-21;/h3-4,6-8,10-11,14,23H,5H2,1-2H3,(H4-,16,18,19,24,25,26,27,28);/q;+1/t8-,10-,11-,14-;/m1./s1. The van der Waals surface area contributed by atoms with Crippen LogP contribution in [0.4, 0.5) is 5.95 Å². The van der Waals surface area contributed by atoms with Gasteiger partial charge in [0, 0.05) is 19.5 Å². The van der Waals surface area contributed by atoms with Gasteiger partial charge in [-0.3, -0.25) is 27.8 Å². The van der Waals surface area contributed by atoms with Crippen molar-refractivity contribution in [1.82, 2.24) is 23.9 Å². The normalized spacial score (nSPS) is 25.7. The molecule has 186 valence electrons. The second-order valence-electron chi connectivity index (χ2n) is 7.27. The Bertz CT molecular complexity index is 1350. The number of H-pyrrole nitrogens is 1. The number of nitrogens with one attached hydrogen (secondary N) is 1. The molecule has 5 N–H and O–H groups in total. The number of nitrogen functional groups attached to an aromatic ring is 1. The topological polar surface area (TPSA) is 233 Å². The third-order valence-electron chi connectivity index (χ3n) is 5.03. The van der Waals surface area contributed by atoms with Crippen molar-refractivity contribution in [3.63, 3.8) is 0 Å². The Morgan fingerprint density at radius 3 is 2.77 bits per heavy atom. The molecule has 6 atom stereocenters. The number of hydrogen-bond donors (Lipinski definition) is 4. The number of phosphoric acid groups is 1. The van der Waals surface area contributed by atoms with Crippen LogP contribution in [0.1, 0.15) is 6.23 Å². The summed E-state index contributed by atoms with van der Waals surface area (Å²) < 4.78 is 47.7. The van der Waals surface area contributed by atoms with Crippen LogP contribution < -0.4 is 50.3 Å². The average Bonchev–Trinajstić information content (AvgIpc) is 3.44. The maximum atomic E-state index is 12.2. The van der Waals surface area contributed by atoms with E-state index in [0.717, 1.165) is 18.7 Å². The summed E-state index contributed by atoms with van der Waals surface area (Å²) in [6.07, 6.45) is -0.273. The molecule has 0 aliphatic carbocycles. The number of aryl methyl sites for hydroxylation is 1. The summed E-state index contributed by atoms with van der Waals surface area (Å²) in [5.74, 6) is -0.161. The zero-order chi connectivity index (χ0) is 24.8. The zero-order valence-electron chi connectivity index (χ0n) is 18.7. The maximum absolute atomic E-state index is 12.2. The van der Waals surface area contributed by atoms with Gasteiger partial charge < -0.3 is 30.1 Å². The van der Waals surface area contributed by atoms with E-state index in [1.807, 2.05) is 0 Å². The molecule has 4 heterocycles. The number of imidazole rings is 2. The number of methoxy groups -OCH3 is 1. The summed E-state index contributed by atoms with van der Waals surface area (Å²) in [6.45, 7) is -0.689. The molecule has 0 radical (unpaired) electrons. The molecule has 1 saturated heterocycles. The number of aromatic nitrogens is 6. The molecule has 1 aliphatic heterocycles. The van der Waals surface area contributed by atoms with Gasteiger partial charge in [-0.25, -0.2) is 18.4 Å². The third kappa shape index (κ3) is 5.61. The summed E-state index contributed by atoms with van der Waals surface area (Å²) in [5, 5.41) is 10.8. The number of ether oxygens (including phenoxy) is 2. The fourth-order valence-corrected chi connectivity index (χ4v) is 5.90. The summed E-state index contributed by atoms with van der Waals surface area (Å²) in [4.78, 5) is 44.2. The summed E-state index contributed by atoms with van der Waals surface area (Å²) >= 11 is 0. The predicted octanol–water partition coefficient (Wildman–Crippen LogP) is -5.24. The van der Waals surface area contributed by atoms with Crippen molar-refractivity contribution in [3.05, 3.63) is 35.4 Å². The van der Waals surface area contributed by atoms with Gasteiger partial charge in [-0.2, -0.15) is 0 Å². The molecule has 1 aliphatic rings. The molecule has 3 aromatic heterocycles. The van der Waals surface area contributed by atoms with Gasteiger partial charge in [-0.05, 0) is 0 Å². The molecule has 0 spiro atoms. The first kappa shape index (κ1) is 28.1. The number of nitrogens with two attached hydrogens (primary N) is 1. The minimum atomic E-state index is -5.13. The molecule has 0 amide bonds. The minimum Gasteiger partial charge on any atom is -0.761 e. The predicted molar refractivity (Wildman–Crippen MR) is 109 cm³/mol. The van der Waals surface area contributed by atoms with Gasteiger partial charge in [0.2, 0.25) is 19.5 Å². The summed E-state index contributed by atoms with van der Waals surface area (Å²) in [7, 11) is -7.32. The maximum Gasteiger partial charge on any atom is 1.00 e. The Morgan fingerprint density at radius 2 is 2.14 bits per heavy atom. The molecule has 20 heteroatoms. The molecule has 2 unspecified atom stereocenters. The number of phosphoric ester groups is 1. The number of hydrogen-bond acceptors (Lipinski definition) is 12. The molecular formula is C15H21N7NaO10P2+. The Morgan fingerprint density at radius 1 is 1.43 bits per heavy atom. The number of fused-ring (bicyclic) bond motifs is 1. The van der Waals surface area contributed by atoms with E-state index < -0.39 is 52.3 Å². The van der Waals surface area contributed by atoms with E-state index in [-0.39, 0.29) is 46.7 Å². The SMILES string of the molecule is CO[C@H]1[C@@H](O)[C@H]([n+]2cn(C)c3c(=O)[nH]c(N)nc32)O[C@@H]1COP(=O)(O)OP(=O)([O-])n1ccnc1.[Na+]. The van der Waals surface area contributed by atoms with E-state index >= 15 is 0 Å². The van der Waals surface area contributed by atoms with E-state index in [2.05, 4.69) is 19.3 Å². The molecule has 4 rings (SSSR count). The summed E-state index contributed by atoms with van der Waals surface area (Å²) in [5.41, 5.74) is 5.37. The fourth-order valence-electron chi connectivity index (χ4n) is 3.59. The third-order valence-corrected chi connectivity index (χ3v) is 7.96. The smallest absolute Gasteiger partial charge is 0.761 e. The van der Waals surface area contributed by atoms with Crippen molar-refractivity contribution in [2.45, 2.75) is 24.5 Å². The number of aromatic amines is 1. The quantitative estimate of drug-likeness (QED) is 0.118. The van der Waals surface area contributed by atoms with Crippen LogP contribution in [0.3, 0.4) is 0 Å². The van der Waals surface area contributed by atoms with Crippen LogP contribution in [0.25, 0.3) is 11.2 Å². The first-order chi connectivity index (χ1) is 15.9. The first-order valence-electron chi connectivity index (χ1n) is 9.54. The van der Waals surface area contributed by atoms with Crippen LogP contribution in [-0.4, -0.2) is 65.9 Å². The summed E-state index contributed by atoms with van der Waals surface area (Å²) in [6, 6.07) is 0. The number of rotatable bonds is 8. The van der Waals surface area contributed by atoms with Crippen molar-refractivity contribution in [2.24, 2.45) is 7.05 Å². The number of anilines is 1. The monoisotopic (exact) mass is 544 g/mol. The fraction of sp³-hybridized carbons (Fsp3) is 0.467. The Kier molecular flexibility index (Phi) is 8.43. The molecular weight excluding hydrogens is 523 g/mol. The van der Waals surface area contributed by atoms with Crippen LogP contribution in [0.2, 0.25) is 0 Å². The van der Waals surface area contributed by atoms with Crippen LogP contribution >= 0.6 is 15.6 Å². The van der Waals surface area contributed by atoms with Crippen LogP contribution in [0.5, 0.6) is 0 Å². The van der Waals surface area contributed by atoms with E-state index in [9.17, 15) is 28.8 Å². The van der Waals surface area contributed by atoms with Gasteiger partial charge in [0.25, 0.3) is 11.5 Å². The molecule has 35 heavy (non-hydrogen) atoms. The Labute approximate surface area is 218 Å². The molecule has 0 saturated carbocycles. The molecule has 3 aromatic rings. The van der Waals surface area contributed by atoms with Crippen molar-refractivity contribution < 1.29 is 76.5 Å². The van der Waals surface area contributed by atoms with Gasteiger partial charge in [-0.15, -0.1) is 0 Å². The molecule has 1 fully saturated rings. The number of nitrogens with zero attached hydrogens (tertiary/aromatic N) is 5. The molecule has 0 bridgehead atoms. The van der Waals surface area contributed by atoms with Crippen molar-refractivity contribution in [1.29, 1.82) is 0 Å². The van der Waals surface area contributed by atoms with Gasteiger partial charge in [0.05, 0.1) is 13.7 Å². The van der Waals surface area contributed by atoms with E-state index in [1.165, 1.54) is 22.6 Å². The van der Waals surface area contributed by atoms with Crippen molar-refractivity contribution in [3.8, 4) is 0 Å². The minimum absolute atomic E-state index is 0. The first-order valence-corrected chi connectivity index (χ1v) is 12.5. The van der Waals surface area contributed by atoms with Gasteiger partial charge in [0.1, 0.15) is 24.6 Å². The van der Waals surface area contributed by atoms with Gasteiger partial charge in [0.15, 0.2) is 6.33 Å².